The summed E-state index contributed by atoms with van der Waals surface area (Å²) in [5.41, 5.74) is 0.279. The molecule has 23 heavy (non-hydrogen) atoms. The molecule has 0 bridgehead atoms. The van der Waals surface area contributed by atoms with Crippen molar-refractivity contribution in [1.82, 2.24) is 0 Å². The SMILES string of the molecule is CC.CC.CCc1oc(C(C)C)c2c1CC1(CCCC1)C2(F)F. The highest BCUT2D eigenvalue weighted by Gasteiger charge is 2.63. The maximum absolute atomic E-state index is 15.0. The third-order valence-electron chi connectivity index (χ3n) is 5.02. The number of halogens is 2. The standard InChI is InChI=1S/C16H22F2O.2C2H6/c1-4-12-11-9-15(7-5-6-8-15)16(17,18)13(11)14(19-12)10(2)3;2*1-2/h10H,4-9H2,1-3H3;2*1-2H3. The highest BCUT2D eigenvalue weighted by Crippen LogP contribution is 2.64. The quantitative estimate of drug-likeness (QED) is 0.558. The summed E-state index contributed by atoms with van der Waals surface area (Å²) in [6, 6.07) is 0. The molecule has 1 nitrogen and oxygen atoms in total. The zero-order valence-corrected chi connectivity index (χ0v) is 16.0. The zero-order chi connectivity index (χ0) is 17.8. The van der Waals surface area contributed by atoms with Gasteiger partial charge in [-0.15, -0.1) is 0 Å². The molecule has 134 valence electrons. The van der Waals surface area contributed by atoms with Crippen LogP contribution in [0.1, 0.15) is 103 Å². The van der Waals surface area contributed by atoms with Crippen LogP contribution in [0.4, 0.5) is 8.78 Å². The van der Waals surface area contributed by atoms with E-state index in [1.54, 1.807) is 0 Å². The van der Waals surface area contributed by atoms with Crippen LogP contribution in [0.25, 0.3) is 0 Å². The second-order valence-electron chi connectivity index (χ2n) is 6.49. The molecule has 0 saturated heterocycles. The van der Waals surface area contributed by atoms with Crippen LogP contribution in [0.3, 0.4) is 0 Å². The number of furan rings is 1. The Morgan fingerprint density at radius 1 is 1.04 bits per heavy atom. The highest BCUT2D eigenvalue weighted by molar-refractivity contribution is 5.46. The Morgan fingerprint density at radius 3 is 2.00 bits per heavy atom. The first-order chi connectivity index (χ1) is 10.9. The van der Waals surface area contributed by atoms with Crippen molar-refractivity contribution in [1.29, 1.82) is 0 Å². The first-order valence-corrected chi connectivity index (χ1v) is 9.45. The summed E-state index contributed by atoms with van der Waals surface area (Å²) < 4.78 is 35.8. The van der Waals surface area contributed by atoms with Gasteiger partial charge < -0.3 is 4.42 Å². The number of rotatable bonds is 2. The molecular weight excluding hydrogens is 294 g/mol. The Morgan fingerprint density at radius 2 is 1.57 bits per heavy atom. The van der Waals surface area contributed by atoms with E-state index in [4.69, 9.17) is 4.42 Å². The van der Waals surface area contributed by atoms with E-state index in [9.17, 15) is 0 Å². The van der Waals surface area contributed by atoms with Gasteiger partial charge in [0.1, 0.15) is 11.5 Å². The lowest BCUT2D eigenvalue weighted by Crippen LogP contribution is -2.33. The van der Waals surface area contributed by atoms with Gasteiger partial charge in [-0.3, -0.25) is 0 Å². The molecule has 1 aromatic heterocycles. The van der Waals surface area contributed by atoms with Gasteiger partial charge in [0.15, 0.2) is 0 Å². The van der Waals surface area contributed by atoms with E-state index in [0.717, 1.165) is 24.2 Å². The number of aryl methyl sites for hydroxylation is 1. The summed E-state index contributed by atoms with van der Waals surface area (Å²) in [5, 5.41) is 0. The molecule has 2 aliphatic rings. The molecule has 3 rings (SSSR count). The first-order valence-electron chi connectivity index (χ1n) is 9.45. The summed E-state index contributed by atoms with van der Waals surface area (Å²) in [5.74, 6) is -1.35. The van der Waals surface area contributed by atoms with E-state index < -0.39 is 11.3 Å². The maximum Gasteiger partial charge on any atom is 0.282 e. The fourth-order valence-corrected chi connectivity index (χ4v) is 4.01. The van der Waals surface area contributed by atoms with Crippen molar-refractivity contribution in [3.63, 3.8) is 0 Å². The van der Waals surface area contributed by atoms with Gasteiger partial charge in [0, 0.05) is 23.3 Å². The number of hydrogen-bond donors (Lipinski definition) is 0. The van der Waals surface area contributed by atoms with Gasteiger partial charge in [0.05, 0.1) is 5.56 Å². The fourth-order valence-electron chi connectivity index (χ4n) is 4.01. The third kappa shape index (κ3) is 3.08. The number of hydrogen-bond acceptors (Lipinski definition) is 1. The highest BCUT2D eigenvalue weighted by atomic mass is 19.3. The Balaban J connectivity index is 0.000000615. The lowest BCUT2D eigenvalue weighted by Gasteiger charge is -2.31. The molecule has 0 amide bonds. The summed E-state index contributed by atoms with van der Waals surface area (Å²) in [7, 11) is 0. The monoisotopic (exact) mass is 328 g/mol. The van der Waals surface area contributed by atoms with E-state index >= 15 is 8.78 Å². The van der Waals surface area contributed by atoms with Gasteiger partial charge in [-0.05, 0) is 19.3 Å². The second kappa shape index (κ2) is 7.81. The van der Waals surface area contributed by atoms with Crippen LogP contribution in [0, 0.1) is 5.41 Å². The van der Waals surface area contributed by atoms with Crippen molar-refractivity contribution >= 4 is 0 Å². The van der Waals surface area contributed by atoms with Crippen LogP contribution in [0.2, 0.25) is 0 Å². The van der Waals surface area contributed by atoms with Crippen LogP contribution in [0.5, 0.6) is 0 Å². The van der Waals surface area contributed by atoms with Crippen LogP contribution in [-0.4, -0.2) is 0 Å². The van der Waals surface area contributed by atoms with Crippen LogP contribution in [-0.2, 0) is 18.8 Å². The lowest BCUT2D eigenvalue weighted by atomic mass is 9.79. The zero-order valence-electron chi connectivity index (χ0n) is 16.0. The molecule has 0 unspecified atom stereocenters. The van der Waals surface area contributed by atoms with Crippen molar-refractivity contribution in [2.24, 2.45) is 5.41 Å². The van der Waals surface area contributed by atoms with Crippen molar-refractivity contribution in [3.8, 4) is 0 Å². The first kappa shape index (κ1) is 20.2. The smallest absolute Gasteiger partial charge is 0.282 e. The molecule has 0 aliphatic heterocycles. The summed E-state index contributed by atoms with van der Waals surface area (Å²) >= 11 is 0. The predicted molar refractivity (Wildman–Crippen MR) is 93.4 cm³/mol. The Kier molecular flexibility index (Phi) is 6.85. The molecule has 2 aliphatic carbocycles. The molecule has 0 aromatic carbocycles. The Labute approximate surface area is 140 Å². The molecule has 0 radical (unpaired) electrons. The summed E-state index contributed by atoms with van der Waals surface area (Å²) in [6.45, 7) is 13.9. The summed E-state index contributed by atoms with van der Waals surface area (Å²) in [6.07, 6.45) is 4.44. The molecule has 0 atom stereocenters. The van der Waals surface area contributed by atoms with E-state index in [1.807, 2.05) is 48.5 Å². The molecule has 0 N–H and O–H groups in total. The number of fused-ring (bicyclic) bond motifs is 1. The Hall–Kier alpha value is -0.860. The van der Waals surface area contributed by atoms with Crippen molar-refractivity contribution in [2.75, 3.05) is 0 Å². The molecule has 1 spiro atoms. The van der Waals surface area contributed by atoms with Gasteiger partial charge in [-0.25, -0.2) is 8.78 Å². The van der Waals surface area contributed by atoms with Crippen LogP contribution in [0.15, 0.2) is 4.42 Å². The lowest BCUT2D eigenvalue weighted by molar-refractivity contribution is -0.116. The van der Waals surface area contributed by atoms with E-state index in [1.165, 1.54) is 0 Å². The minimum atomic E-state index is -2.70. The van der Waals surface area contributed by atoms with E-state index in [-0.39, 0.29) is 11.5 Å². The molecule has 3 heteroatoms. The molecule has 1 heterocycles. The minimum absolute atomic E-state index is 0.0245. The summed E-state index contributed by atoms with van der Waals surface area (Å²) in [4.78, 5) is 0. The maximum atomic E-state index is 15.0. The molecule has 1 fully saturated rings. The van der Waals surface area contributed by atoms with Crippen LogP contribution < -0.4 is 0 Å². The van der Waals surface area contributed by atoms with Crippen LogP contribution >= 0.6 is 0 Å². The average Bonchev–Trinajstić information content (AvgIpc) is 3.22. The van der Waals surface area contributed by atoms with Gasteiger partial charge >= 0.3 is 0 Å². The van der Waals surface area contributed by atoms with Crippen molar-refractivity contribution in [2.45, 2.75) is 98.8 Å². The number of alkyl halides is 2. The Bertz CT molecular complexity index is 494. The normalized spacial score (nSPS) is 19.9. The minimum Gasteiger partial charge on any atom is -0.465 e. The average molecular weight is 328 g/mol. The van der Waals surface area contributed by atoms with Crippen molar-refractivity contribution < 1.29 is 13.2 Å². The third-order valence-corrected chi connectivity index (χ3v) is 5.02. The van der Waals surface area contributed by atoms with Gasteiger partial charge in [-0.2, -0.15) is 0 Å². The largest absolute Gasteiger partial charge is 0.465 e. The fraction of sp³-hybridized carbons (Fsp3) is 0.800. The van der Waals surface area contributed by atoms with Gasteiger partial charge in [0.25, 0.3) is 5.92 Å². The second-order valence-corrected chi connectivity index (χ2v) is 6.49. The van der Waals surface area contributed by atoms with E-state index in [2.05, 4.69) is 0 Å². The van der Waals surface area contributed by atoms with Crippen molar-refractivity contribution in [3.05, 3.63) is 22.6 Å². The van der Waals surface area contributed by atoms with Gasteiger partial charge in [0.2, 0.25) is 0 Å². The molecule has 1 aromatic rings. The molecule has 1 saturated carbocycles. The molecular formula is C20H34F2O. The topological polar surface area (TPSA) is 13.1 Å². The van der Waals surface area contributed by atoms with E-state index in [0.29, 0.717) is 31.4 Å². The predicted octanol–water partition coefficient (Wildman–Crippen LogP) is 7.23. The van der Waals surface area contributed by atoms with Gasteiger partial charge in [-0.1, -0.05) is 61.3 Å².